The molecule has 9 heteroatoms. The summed E-state index contributed by atoms with van der Waals surface area (Å²) in [5.41, 5.74) is -0.703. The minimum Gasteiger partial charge on any atom is -0.363 e. The van der Waals surface area contributed by atoms with Crippen molar-refractivity contribution in [1.82, 2.24) is 4.98 Å². The van der Waals surface area contributed by atoms with Gasteiger partial charge >= 0.3 is 6.18 Å². The van der Waals surface area contributed by atoms with Crippen LogP contribution in [0.15, 0.2) is 47.5 Å². The van der Waals surface area contributed by atoms with Gasteiger partial charge in [-0.15, -0.1) is 0 Å². The van der Waals surface area contributed by atoms with Gasteiger partial charge < -0.3 is 9.64 Å². The van der Waals surface area contributed by atoms with Crippen LogP contribution in [0.25, 0.3) is 0 Å². The van der Waals surface area contributed by atoms with E-state index in [4.69, 9.17) is 4.74 Å². The Kier molecular flexibility index (Phi) is 5.66. The van der Waals surface area contributed by atoms with Gasteiger partial charge in [0.2, 0.25) is 9.84 Å². The smallest absolute Gasteiger partial charge is 0.363 e. The molecule has 0 aliphatic carbocycles. The number of hydrogen-bond donors (Lipinski definition) is 0. The third-order valence-electron chi connectivity index (χ3n) is 5.11. The monoisotopic (exact) mass is 428 g/mol. The number of hydrogen-bond acceptors (Lipinski definition) is 5. The van der Waals surface area contributed by atoms with Crippen molar-refractivity contribution in [2.75, 3.05) is 25.6 Å². The molecule has 1 aliphatic heterocycles. The number of pyridine rings is 1. The zero-order valence-corrected chi connectivity index (χ0v) is 17.2. The largest absolute Gasteiger partial charge is 0.416 e. The molecule has 1 fully saturated rings. The van der Waals surface area contributed by atoms with E-state index in [1.165, 1.54) is 12.3 Å². The lowest BCUT2D eigenvalue weighted by Gasteiger charge is -2.39. The fraction of sp³-hybridized carbons (Fsp3) is 0.450. The standard InChI is InChI=1S/C20H23F3N2O3S/c1-14-9-10-28-19(12-14,16-7-8-18(24-13-16)25(2)3)29(26,27)17-6-4-5-15(11-17)20(21,22)23/h4-8,11,13-14H,9-10,12H2,1-3H3. The summed E-state index contributed by atoms with van der Waals surface area (Å²) in [5, 5.41) is 0. The lowest BCUT2D eigenvalue weighted by molar-refractivity contribution is -0.137. The zero-order valence-electron chi connectivity index (χ0n) is 16.4. The third kappa shape index (κ3) is 3.98. The summed E-state index contributed by atoms with van der Waals surface area (Å²) in [6.45, 7) is 2.09. The molecule has 2 aromatic rings. The number of rotatable bonds is 4. The van der Waals surface area contributed by atoms with E-state index >= 15 is 0 Å². The Morgan fingerprint density at radius 2 is 1.93 bits per heavy atom. The van der Waals surface area contributed by atoms with Crippen LogP contribution < -0.4 is 4.90 Å². The molecule has 0 N–H and O–H groups in total. The summed E-state index contributed by atoms with van der Waals surface area (Å²) in [5.74, 6) is 0.641. The normalized spacial score (nSPS) is 23.0. The fourth-order valence-corrected chi connectivity index (χ4v) is 5.59. The number of alkyl halides is 3. The highest BCUT2D eigenvalue weighted by Crippen LogP contribution is 2.46. The van der Waals surface area contributed by atoms with Crippen LogP contribution in [0.2, 0.25) is 0 Å². The van der Waals surface area contributed by atoms with Gasteiger partial charge in [-0.1, -0.05) is 13.0 Å². The molecular formula is C20H23F3N2O3S. The van der Waals surface area contributed by atoms with Crippen LogP contribution >= 0.6 is 0 Å². The predicted octanol–water partition coefficient (Wildman–Crippen LogP) is 4.24. The third-order valence-corrected chi connectivity index (χ3v) is 7.38. The van der Waals surface area contributed by atoms with Crippen LogP contribution in [-0.2, 0) is 25.7 Å². The molecule has 158 valence electrons. The average molecular weight is 428 g/mol. The first-order chi connectivity index (χ1) is 13.5. The highest BCUT2D eigenvalue weighted by molar-refractivity contribution is 7.92. The molecule has 2 unspecified atom stereocenters. The number of sulfone groups is 1. The lowest BCUT2D eigenvalue weighted by Crippen LogP contribution is -2.44. The first kappa shape index (κ1) is 21.6. The minimum absolute atomic E-state index is 0.0119. The predicted molar refractivity (Wildman–Crippen MR) is 103 cm³/mol. The number of halogens is 3. The second-order valence-corrected chi connectivity index (χ2v) is 9.67. The lowest BCUT2D eigenvalue weighted by atomic mass is 9.93. The molecule has 0 bridgehead atoms. The van der Waals surface area contributed by atoms with Crippen molar-refractivity contribution in [2.45, 2.75) is 35.8 Å². The number of nitrogens with zero attached hydrogens (tertiary/aromatic N) is 2. The molecule has 2 atom stereocenters. The van der Waals surface area contributed by atoms with Crippen molar-refractivity contribution in [3.05, 3.63) is 53.7 Å². The maximum Gasteiger partial charge on any atom is 0.416 e. The molecule has 1 saturated heterocycles. The Morgan fingerprint density at radius 1 is 1.21 bits per heavy atom. The molecule has 29 heavy (non-hydrogen) atoms. The second-order valence-electron chi connectivity index (χ2n) is 7.53. The van der Waals surface area contributed by atoms with Crippen molar-refractivity contribution in [3.63, 3.8) is 0 Å². The first-order valence-corrected chi connectivity index (χ1v) is 10.7. The van der Waals surface area contributed by atoms with Gasteiger partial charge in [0.1, 0.15) is 5.82 Å². The summed E-state index contributed by atoms with van der Waals surface area (Å²) >= 11 is 0. The quantitative estimate of drug-likeness (QED) is 0.729. The number of ether oxygens (including phenoxy) is 1. The van der Waals surface area contributed by atoms with Crippen LogP contribution in [0.5, 0.6) is 0 Å². The van der Waals surface area contributed by atoms with Gasteiger partial charge in [-0.05, 0) is 49.1 Å². The van der Waals surface area contributed by atoms with Gasteiger partial charge in [-0.2, -0.15) is 13.2 Å². The van der Waals surface area contributed by atoms with Gasteiger partial charge in [0.25, 0.3) is 0 Å². The van der Waals surface area contributed by atoms with E-state index in [0.29, 0.717) is 23.9 Å². The summed E-state index contributed by atoms with van der Waals surface area (Å²) in [6, 6.07) is 7.08. The summed E-state index contributed by atoms with van der Waals surface area (Å²) in [4.78, 5) is 3.85. The van der Waals surface area contributed by atoms with E-state index in [0.717, 1.165) is 12.1 Å². The van der Waals surface area contributed by atoms with Crippen molar-refractivity contribution < 1.29 is 26.3 Å². The van der Waals surface area contributed by atoms with E-state index < -0.39 is 31.4 Å². The molecule has 0 saturated carbocycles. The van der Waals surface area contributed by atoms with E-state index in [1.807, 2.05) is 6.92 Å². The first-order valence-electron chi connectivity index (χ1n) is 9.17. The number of anilines is 1. The second kappa shape index (κ2) is 7.60. The highest BCUT2D eigenvalue weighted by atomic mass is 32.2. The Hall–Kier alpha value is -2.13. The Morgan fingerprint density at radius 3 is 2.48 bits per heavy atom. The number of benzene rings is 1. The van der Waals surface area contributed by atoms with Gasteiger partial charge in [0, 0.05) is 32.5 Å². The van der Waals surface area contributed by atoms with Crippen LogP contribution in [0.4, 0.5) is 19.0 Å². The highest BCUT2D eigenvalue weighted by Gasteiger charge is 2.51. The van der Waals surface area contributed by atoms with Crippen molar-refractivity contribution in [3.8, 4) is 0 Å². The summed E-state index contributed by atoms with van der Waals surface area (Å²) < 4.78 is 72.6. The molecule has 5 nitrogen and oxygen atoms in total. The van der Waals surface area contributed by atoms with Crippen molar-refractivity contribution >= 4 is 15.7 Å². The summed E-state index contributed by atoms with van der Waals surface area (Å²) in [6.07, 6.45) is -2.41. The van der Waals surface area contributed by atoms with E-state index in [2.05, 4.69) is 4.98 Å². The molecule has 1 aliphatic rings. The molecule has 1 aromatic carbocycles. The molecule has 0 spiro atoms. The van der Waals surface area contributed by atoms with E-state index in [1.54, 1.807) is 31.1 Å². The molecule has 2 heterocycles. The number of aromatic nitrogens is 1. The maximum atomic E-state index is 13.6. The zero-order chi connectivity index (χ0) is 21.4. The van der Waals surface area contributed by atoms with Crippen LogP contribution in [0, 0.1) is 5.92 Å². The van der Waals surface area contributed by atoms with Crippen molar-refractivity contribution in [1.29, 1.82) is 0 Å². The topological polar surface area (TPSA) is 59.5 Å². The van der Waals surface area contributed by atoms with Crippen LogP contribution in [0.3, 0.4) is 0 Å². The van der Waals surface area contributed by atoms with Gasteiger partial charge in [-0.25, -0.2) is 13.4 Å². The summed E-state index contributed by atoms with van der Waals surface area (Å²) in [7, 11) is -0.697. The Balaban J connectivity index is 2.16. The molecular weight excluding hydrogens is 405 g/mol. The van der Waals surface area contributed by atoms with Crippen molar-refractivity contribution in [2.24, 2.45) is 5.92 Å². The van der Waals surface area contributed by atoms with Crippen LogP contribution in [0.1, 0.15) is 30.9 Å². The molecule has 3 rings (SSSR count). The average Bonchev–Trinajstić information content (AvgIpc) is 2.67. The Labute approximate surface area is 168 Å². The van der Waals surface area contributed by atoms with Gasteiger partial charge in [0.15, 0.2) is 4.93 Å². The van der Waals surface area contributed by atoms with Gasteiger partial charge in [0.05, 0.1) is 10.5 Å². The van der Waals surface area contributed by atoms with Gasteiger partial charge in [-0.3, -0.25) is 0 Å². The molecule has 0 radical (unpaired) electrons. The molecule has 1 aromatic heterocycles. The fourth-order valence-electron chi connectivity index (χ4n) is 3.49. The maximum absolute atomic E-state index is 13.6. The Bertz CT molecular complexity index is 975. The molecule has 0 amide bonds. The minimum atomic E-state index is -4.64. The van der Waals surface area contributed by atoms with E-state index in [-0.39, 0.29) is 18.9 Å². The van der Waals surface area contributed by atoms with E-state index in [9.17, 15) is 21.6 Å². The van der Waals surface area contributed by atoms with Crippen LogP contribution in [-0.4, -0.2) is 34.1 Å². The SMILES string of the molecule is CC1CCOC(c2ccc(N(C)C)nc2)(S(=O)(=O)c2cccc(C(F)(F)F)c2)C1.